The van der Waals surface area contributed by atoms with Gasteiger partial charge in [0.15, 0.2) is 5.75 Å². The van der Waals surface area contributed by atoms with E-state index < -0.39 is 5.82 Å². The van der Waals surface area contributed by atoms with Crippen LogP contribution in [0.2, 0.25) is 0 Å². The maximum atomic E-state index is 13.3. The predicted octanol–water partition coefficient (Wildman–Crippen LogP) is 3.06. The van der Waals surface area contributed by atoms with E-state index in [0.717, 1.165) is 5.69 Å². The molecule has 0 amide bonds. The first kappa shape index (κ1) is 11.8. The number of nitrogen functional groups attached to an aromatic ring is 1. The van der Waals surface area contributed by atoms with Crippen LogP contribution in [0.15, 0.2) is 28.9 Å². The molecule has 1 heterocycles. The first-order valence-electron chi connectivity index (χ1n) is 4.78. The van der Waals surface area contributed by atoms with Crippen LogP contribution in [0.3, 0.4) is 0 Å². The summed E-state index contributed by atoms with van der Waals surface area (Å²) in [5.74, 6) is -0.266. The first-order valence-corrected chi connectivity index (χ1v) is 5.57. The number of aromatic nitrogens is 2. The molecule has 2 aromatic rings. The van der Waals surface area contributed by atoms with Crippen molar-refractivity contribution in [2.24, 2.45) is 0 Å². The third-order valence-corrected chi connectivity index (χ3v) is 2.63. The second-order valence-electron chi connectivity index (χ2n) is 3.39. The van der Waals surface area contributed by atoms with Gasteiger partial charge in [-0.1, -0.05) is 0 Å². The minimum absolute atomic E-state index is 0.137. The number of hydrogen-bond acceptors (Lipinski definition) is 4. The fourth-order valence-electron chi connectivity index (χ4n) is 1.21. The van der Waals surface area contributed by atoms with Gasteiger partial charge in [-0.2, -0.15) is 0 Å². The standard InChI is InChI=1S/C11H9BrFN3O/c1-6-2-3-15-11(16-6)17-10-5-8(13)7(12)4-9(10)14/h2-5H,14H2,1H3. The van der Waals surface area contributed by atoms with E-state index in [0.29, 0.717) is 5.69 Å². The van der Waals surface area contributed by atoms with Crippen molar-refractivity contribution in [1.29, 1.82) is 0 Å². The number of ether oxygens (including phenoxy) is 1. The van der Waals surface area contributed by atoms with Crippen molar-refractivity contribution in [3.63, 3.8) is 0 Å². The Hall–Kier alpha value is -1.69. The summed E-state index contributed by atoms with van der Waals surface area (Å²) in [6, 6.07) is 4.49. The van der Waals surface area contributed by atoms with Crippen molar-refractivity contribution in [2.75, 3.05) is 5.73 Å². The monoisotopic (exact) mass is 297 g/mol. The lowest BCUT2D eigenvalue weighted by Gasteiger charge is -2.07. The highest BCUT2D eigenvalue weighted by atomic mass is 79.9. The van der Waals surface area contributed by atoms with Crippen LogP contribution in [0.1, 0.15) is 5.69 Å². The van der Waals surface area contributed by atoms with Gasteiger partial charge in [-0.25, -0.2) is 14.4 Å². The van der Waals surface area contributed by atoms with E-state index in [-0.39, 0.29) is 16.2 Å². The van der Waals surface area contributed by atoms with Crippen molar-refractivity contribution in [3.05, 3.63) is 40.4 Å². The lowest BCUT2D eigenvalue weighted by atomic mass is 10.3. The van der Waals surface area contributed by atoms with Crippen LogP contribution < -0.4 is 10.5 Å². The molecule has 17 heavy (non-hydrogen) atoms. The van der Waals surface area contributed by atoms with Crippen molar-refractivity contribution in [3.8, 4) is 11.8 Å². The minimum atomic E-state index is -0.457. The SMILES string of the molecule is Cc1ccnc(Oc2cc(F)c(Br)cc2N)n1. The fourth-order valence-corrected chi connectivity index (χ4v) is 1.57. The maximum absolute atomic E-state index is 13.3. The fraction of sp³-hybridized carbons (Fsp3) is 0.0909. The average molecular weight is 298 g/mol. The Kier molecular flexibility index (Phi) is 3.23. The van der Waals surface area contributed by atoms with E-state index in [1.54, 1.807) is 19.2 Å². The average Bonchev–Trinajstić information content (AvgIpc) is 2.26. The summed E-state index contributed by atoms with van der Waals surface area (Å²) in [5, 5.41) is 0. The number of rotatable bonds is 2. The van der Waals surface area contributed by atoms with Crippen LogP contribution in [-0.4, -0.2) is 9.97 Å². The zero-order valence-corrected chi connectivity index (χ0v) is 10.5. The van der Waals surface area contributed by atoms with Crippen LogP contribution in [0, 0.1) is 12.7 Å². The summed E-state index contributed by atoms with van der Waals surface area (Å²) in [6.45, 7) is 1.81. The topological polar surface area (TPSA) is 61.0 Å². The zero-order chi connectivity index (χ0) is 12.4. The summed E-state index contributed by atoms with van der Waals surface area (Å²) in [4.78, 5) is 7.94. The summed E-state index contributed by atoms with van der Waals surface area (Å²) >= 11 is 3.04. The van der Waals surface area contributed by atoms with Gasteiger partial charge >= 0.3 is 6.01 Å². The Bertz CT molecular complexity index is 562. The molecular weight excluding hydrogens is 289 g/mol. The number of anilines is 1. The highest BCUT2D eigenvalue weighted by Gasteiger charge is 2.09. The van der Waals surface area contributed by atoms with E-state index in [2.05, 4.69) is 25.9 Å². The highest BCUT2D eigenvalue weighted by molar-refractivity contribution is 9.10. The molecule has 0 atom stereocenters. The van der Waals surface area contributed by atoms with E-state index in [9.17, 15) is 4.39 Å². The van der Waals surface area contributed by atoms with Crippen LogP contribution in [0.4, 0.5) is 10.1 Å². The molecule has 0 aliphatic heterocycles. The Balaban J connectivity index is 2.33. The van der Waals surface area contributed by atoms with Gasteiger partial charge in [0.05, 0.1) is 10.2 Å². The molecule has 0 saturated carbocycles. The Morgan fingerprint density at radius 3 is 2.88 bits per heavy atom. The van der Waals surface area contributed by atoms with E-state index in [1.165, 1.54) is 12.1 Å². The molecule has 0 radical (unpaired) electrons. The molecule has 0 aliphatic carbocycles. The lowest BCUT2D eigenvalue weighted by molar-refractivity contribution is 0.438. The smallest absolute Gasteiger partial charge is 0.322 e. The minimum Gasteiger partial charge on any atom is -0.422 e. The van der Waals surface area contributed by atoms with Gasteiger partial charge < -0.3 is 10.5 Å². The molecule has 1 aromatic heterocycles. The molecular formula is C11H9BrFN3O. The second kappa shape index (κ2) is 4.67. The van der Waals surface area contributed by atoms with Crippen LogP contribution in [0.25, 0.3) is 0 Å². The lowest BCUT2D eigenvalue weighted by Crippen LogP contribution is -1.97. The van der Waals surface area contributed by atoms with Gasteiger partial charge in [0.1, 0.15) is 5.82 Å². The van der Waals surface area contributed by atoms with Gasteiger partial charge in [-0.05, 0) is 35.0 Å². The van der Waals surface area contributed by atoms with Crippen molar-refractivity contribution in [2.45, 2.75) is 6.92 Å². The summed E-state index contributed by atoms with van der Waals surface area (Å²) in [5.41, 5.74) is 6.76. The van der Waals surface area contributed by atoms with E-state index in [4.69, 9.17) is 10.5 Å². The van der Waals surface area contributed by atoms with Crippen molar-refractivity contribution >= 4 is 21.6 Å². The predicted molar refractivity (Wildman–Crippen MR) is 65.4 cm³/mol. The number of nitrogens with zero attached hydrogens (tertiary/aromatic N) is 2. The molecule has 2 N–H and O–H groups in total. The third kappa shape index (κ3) is 2.71. The molecule has 0 fully saturated rings. The van der Waals surface area contributed by atoms with Crippen molar-refractivity contribution in [1.82, 2.24) is 9.97 Å². The number of benzene rings is 1. The molecule has 6 heteroatoms. The molecule has 0 unspecified atom stereocenters. The first-order chi connectivity index (χ1) is 8.06. The van der Waals surface area contributed by atoms with Gasteiger partial charge in [0.25, 0.3) is 0 Å². The van der Waals surface area contributed by atoms with Gasteiger partial charge in [0, 0.05) is 18.0 Å². The molecule has 2 rings (SSSR count). The quantitative estimate of drug-likeness (QED) is 0.866. The Morgan fingerprint density at radius 1 is 1.41 bits per heavy atom. The molecule has 0 spiro atoms. The molecule has 1 aromatic carbocycles. The number of halogens is 2. The normalized spacial score (nSPS) is 10.3. The third-order valence-electron chi connectivity index (χ3n) is 2.03. The molecule has 0 saturated heterocycles. The summed E-state index contributed by atoms with van der Waals surface area (Å²) in [6.07, 6.45) is 1.56. The Labute approximate surface area is 106 Å². The number of aryl methyl sites for hydroxylation is 1. The zero-order valence-electron chi connectivity index (χ0n) is 8.95. The van der Waals surface area contributed by atoms with Gasteiger partial charge in [-0.15, -0.1) is 0 Å². The van der Waals surface area contributed by atoms with Crippen molar-refractivity contribution < 1.29 is 9.13 Å². The summed E-state index contributed by atoms with van der Waals surface area (Å²) < 4.78 is 18.9. The molecule has 4 nitrogen and oxygen atoms in total. The number of hydrogen-bond donors (Lipinski definition) is 1. The molecule has 0 aliphatic rings. The largest absolute Gasteiger partial charge is 0.422 e. The van der Waals surface area contributed by atoms with E-state index >= 15 is 0 Å². The van der Waals surface area contributed by atoms with Gasteiger partial charge in [0.2, 0.25) is 0 Å². The Morgan fingerprint density at radius 2 is 2.18 bits per heavy atom. The van der Waals surface area contributed by atoms with Crippen LogP contribution in [0.5, 0.6) is 11.8 Å². The van der Waals surface area contributed by atoms with Gasteiger partial charge in [-0.3, -0.25) is 0 Å². The molecule has 88 valence electrons. The maximum Gasteiger partial charge on any atom is 0.322 e. The number of nitrogens with two attached hydrogens (primary N) is 1. The summed E-state index contributed by atoms with van der Waals surface area (Å²) in [7, 11) is 0. The second-order valence-corrected chi connectivity index (χ2v) is 4.24. The molecule has 0 bridgehead atoms. The van der Waals surface area contributed by atoms with Crippen LogP contribution in [-0.2, 0) is 0 Å². The van der Waals surface area contributed by atoms with E-state index in [1.807, 2.05) is 0 Å². The van der Waals surface area contributed by atoms with Crippen LogP contribution >= 0.6 is 15.9 Å². The highest BCUT2D eigenvalue weighted by Crippen LogP contribution is 2.30.